The van der Waals surface area contributed by atoms with Gasteiger partial charge in [-0.3, -0.25) is 0 Å². The summed E-state index contributed by atoms with van der Waals surface area (Å²) in [5, 5.41) is 20.3. The van der Waals surface area contributed by atoms with Gasteiger partial charge >= 0.3 is 0 Å². The van der Waals surface area contributed by atoms with E-state index in [0.717, 1.165) is 12.8 Å². The lowest BCUT2D eigenvalue weighted by Gasteiger charge is -2.39. The van der Waals surface area contributed by atoms with Gasteiger partial charge in [0.2, 0.25) is 0 Å². The first kappa shape index (κ1) is 34.8. The Labute approximate surface area is 262 Å². The second kappa shape index (κ2) is 13.9. The van der Waals surface area contributed by atoms with Crippen LogP contribution in [0.3, 0.4) is 0 Å². The van der Waals surface area contributed by atoms with Crippen LogP contribution in [0.15, 0.2) is 119 Å². The average Bonchev–Trinajstić information content (AvgIpc) is 3.49. The SMILES string of the molecule is CC1=C[C@H](O)CC(C)(C)[C@H]1/C=C/C(C)=C/C=C/C(C)=C/C=C/C=C(C)/C=C/C=C(C)\C=C\[C@@]12O[C@]1(C)C[C@@H](O)CC2(C)C. The molecule has 0 spiro atoms. The molecule has 5 atom stereocenters. The van der Waals surface area contributed by atoms with Crippen LogP contribution >= 0.6 is 0 Å². The fourth-order valence-electron chi connectivity index (χ4n) is 7.07. The number of aliphatic hydroxyl groups excluding tert-OH is 2. The normalized spacial score (nSPS) is 33.8. The van der Waals surface area contributed by atoms with Crippen molar-refractivity contribution >= 4 is 0 Å². The van der Waals surface area contributed by atoms with Crippen molar-refractivity contribution in [1.82, 2.24) is 0 Å². The fourth-order valence-corrected chi connectivity index (χ4v) is 7.07. The molecule has 0 bridgehead atoms. The van der Waals surface area contributed by atoms with E-state index in [1.54, 1.807) is 0 Å². The van der Waals surface area contributed by atoms with Crippen molar-refractivity contribution in [1.29, 1.82) is 0 Å². The molecule has 1 heterocycles. The fraction of sp³-hybridized carbons (Fsp3) is 0.500. The summed E-state index contributed by atoms with van der Waals surface area (Å²) in [5.41, 5.74) is 5.38. The van der Waals surface area contributed by atoms with E-state index >= 15 is 0 Å². The number of aliphatic hydroxyl groups is 2. The van der Waals surface area contributed by atoms with Crippen molar-refractivity contribution in [2.24, 2.45) is 16.7 Å². The maximum atomic E-state index is 10.2. The number of hydrogen-bond acceptors (Lipinski definition) is 3. The monoisotopic (exact) mass is 584 g/mol. The molecule has 0 unspecified atom stereocenters. The van der Waals surface area contributed by atoms with Crippen molar-refractivity contribution in [2.75, 3.05) is 0 Å². The van der Waals surface area contributed by atoms with Gasteiger partial charge in [-0.25, -0.2) is 0 Å². The Bertz CT molecular complexity index is 1320. The molecule has 2 fully saturated rings. The largest absolute Gasteiger partial charge is 0.393 e. The number of rotatable bonds is 10. The molecule has 3 aliphatic rings. The lowest BCUT2D eigenvalue weighted by atomic mass is 9.63. The van der Waals surface area contributed by atoms with Crippen LogP contribution in [0.25, 0.3) is 0 Å². The summed E-state index contributed by atoms with van der Waals surface area (Å²) >= 11 is 0. The van der Waals surface area contributed by atoms with Gasteiger partial charge < -0.3 is 14.9 Å². The summed E-state index contributed by atoms with van der Waals surface area (Å²) in [6.45, 7) is 21.5. The first-order chi connectivity index (χ1) is 20.0. The molecule has 3 heteroatoms. The molecule has 1 saturated heterocycles. The first-order valence-electron chi connectivity index (χ1n) is 15.8. The number of fused-ring (bicyclic) bond motifs is 1. The van der Waals surface area contributed by atoms with Crippen LogP contribution in [0.4, 0.5) is 0 Å². The molecule has 2 N–H and O–H groups in total. The van der Waals surface area contributed by atoms with Gasteiger partial charge in [0, 0.05) is 17.8 Å². The molecular formula is C40H56O3. The third-order valence-electron chi connectivity index (χ3n) is 9.43. The van der Waals surface area contributed by atoms with Crippen LogP contribution in [0.1, 0.15) is 88.5 Å². The van der Waals surface area contributed by atoms with E-state index in [1.165, 1.54) is 27.9 Å². The smallest absolute Gasteiger partial charge is 0.121 e. The molecule has 1 saturated carbocycles. The second-order valence-electron chi connectivity index (χ2n) is 14.6. The van der Waals surface area contributed by atoms with Crippen LogP contribution in [0, 0.1) is 16.7 Å². The van der Waals surface area contributed by atoms with Gasteiger partial charge in [0.05, 0.1) is 12.2 Å². The summed E-state index contributed by atoms with van der Waals surface area (Å²) in [6, 6.07) is 0. The van der Waals surface area contributed by atoms with Crippen LogP contribution in [0.2, 0.25) is 0 Å². The molecule has 0 radical (unpaired) electrons. The van der Waals surface area contributed by atoms with Gasteiger partial charge in [-0.1, -0.05) is 141 Å². The Morgan fingerprint density at radius 2 is 1.23 bits per heavy atom. The Kier molecular flexibility index (Phi) is 11.3. The zero-order valence-corrected chi connectivity index (χ0v) is 28.3. The number of hydrogen-bond donors (Lipinski definition) is 2. The molecule has 0 aromatic carbocycles. The quantitative estimate of drug-likeness (QED) is 0.153. The van der Waals surface area contributed by atoms with Crippen molar-refractivity contribution in [3.8, 4) is 0 Å². The van der Waals surface area contributed by atoms with E-state index < -0.39 is 0 Å². The summed E-state index contributed by atoms with van der Waals surface area (Å²) < 4.78 is 6.25. The summed E-state index contributed by atoms with van der Waals surface area (Å²) in [7, 11) is 0. The Hall–Kier alpha value is -2.72. The van der Waals surface area contributed by atoms with E-state index in [0.29, 0.717) is 12.3 Å². The Morgan fingerprint density at radius 3 is 1.77 bits per heavy atom. The molecule has 234 valence electrons. The molecule has 1 aliphatic heterocycles. The third-order valence-corrected chi connectivity index (χ3v) is 9.43. The van der Waals surface area contributed by atoms with Gasteiger partial charge in [0.15, 0.2) is 0 Å². The van der Waals surface area contributed by atoms with E-state index in [4.69, 9.17) is 4.74 Å². The maximum absolute atomic E-state index is 10.2. The van der Waals surface area contributed by atoms with Crippen molar-refractivity contribution in [2.45, 2.75) is 112 Å². The Balaban J connectivity index is 1.49. The molecular weight excluding hydrogens is 528 g/mol. The zero-order valence-electron chi connectivity index (χ0n) is 28.3. The van der Waals surface area contributed by atoms with Gasteiger partial charge in [0.1, 0.15) is 11.2 Å². The Morgan fingerprint density at radius 1 is 0.721 bits per heavy atom. The number of ether oxygens (including phenoxy) is 1. The van der Waals surface area contributed by atoms with Crippen LogP contribution in [-0.2, 0) is 4.74 Å². The minimum Gasteiger partial charge on any atom is -0.393 e. The third kappa shape index (κ3) is 8.91. The van der Waals surface area contributed by atoms with Crippen LogP contribution in [0.5, 0.6) is 0 Å². The maximum Gasteiger partial charge on any atom is 0.121 e. The zero-order chi connectivity index (χ0) is 32.1. The molecule has 3 nitrogen and oxygen atoms in total. The molecule has 0 aromatic heterocycles. The van der Waals surface area contributed by atoms with Crippen LogP contribution < -0.4 is 0 Å². The second-order valence-corrected chi connectivity index (χ2v) is 14.6. The highest BCUT2D eigenvalue weighted by atomic mass is 16.6. The summed E-state index contributed by atoms with van der Waals surface area (Å²) in [5.74, 6) is 0.345. The van der Waals surface area contributed by atoms with E-state index in [9.17, 15) is 10.2 Å². The van der Waals surface area contributed by atoms with Crippen molar-refractivity contribution < 1.29 is 14.9 Å². The molecule has 0 aromatic rings. The van der Waals surface area contributed by atoms with Crippen molar-refractivity contribution in [3.63, 3.8) is 0 Å². The first-order valence-corrected chi connectivity index (χ1v) is 15.8. The van der Waals surface area contributed by atoms with E-state index in [-0.39, 0.29) is 34.2 Å². The number of allylic oxidation sites excluding steroid dienone is 18. The predicted octanol–water partition coefficient (Wildman–Crippen LogP) is 9.61. The summed E-state index contributed by atoms with van der Waals surface area (Å²) in [4.78, 5) is 0. The van der Waals surface area contributed by atoms with Crippen LogP contribution in [-0.4, -0.2) is 33.6 Å². The van der Waals surface area contributed by atoms with Gasteiger partial charge in [0.25, 0.3) is 0 Å². The molecule has 0 amide bonds. The molecule has 43 heavy (non-hydrogen) atoms. The highest BCUT2D eigenvalue weighted by Gasteiger charge is 2.74. The van der Waals surface area contributed by atoms with Gasteiger partial charge in [-0.15, -0.1) is 0 Å². The predicted molar refractivity (Wildman–Crippen MR) is 184 cm³/mol. The van der Waals surface area contributed by atoms with Gasteiger partial charge in [-0.05, 0) is 65.9 Å². The highest BCUT2D eigenvalue weighted by molar-refractivity contribution is 5.37. The van der Waals surface area contributed by atoms with Crippen molar-refractivity contribution in [3.05, 3.63) is 119 Å². The highest BCUT2D eigenvalue weighted by Crippen LogP contribution is 2.66. The van der Waals surface area contributed by atoms with Gasteiger partial charge in [-0.2, -0.15) is 0 Å². The standard InChI is InChI=1S/C40H56O3/c1-29(17-13-19-31(3)21-22-36-33(5)25-34(41)26-37(36,6)7)15-11-12-16-30(2)18-14-20-32(4)23-24-40-38(8,9)27-35(42)28-39(40,10)43-40/h11-25,34-36,41-42H,26-28H2,1-10H3/b12-11+,17-13+,18-14+,22-21+,24-23+,29-15+,30-16+,31-19+,32-20-/t34-,35-,36-,39+,40-/m0/s1. The van der Waals surface area contributed by atoms with E-state index in [2.05, 4.69) is 154 Å². The summed E-state index contributed by atoms with van der Waals surface area (Å²) in [6.07, 6.45) is 33.5. The number of epoxide rings is 1. The molecule has 3 rings (SSSR count). The minimum atomic E-state index is -0.333. The molecule has 2 aliphatic carbocycles. The minimum absolute atomic E-state index is 0.0547. The average molecular weight is 585 g/mol. The topological polar surface area (TPSA) is 53.0 Å². The lowest BCUT2D eigenvalue weighted by molar-refractivity contribution is 0.0515. The van der Waals surface area contributed by atoms with E-state index in [1.807, 2.05) is 6.08 Å². The lowest BCUT2D eigenvalue weighted by Crippen LogP contribution is -2.46.